The van der Waals surface area contributed by atoms with Gasteiger partial charge in [-0.3, -0.25) is 9.59 Å². The van der Waals surface area contributed by atoms with Gasteiger partial charge in [0.05, 0.1) is 26.5 Å². The molecule has 1 N–H and O–H groups in total. The second kappa shape index (κ2) is 9.03. The lowest BCUT2D eigenvalue weighted by Gasteiger charge is -2.13. The Balaban J connectivity index is 1.89. The number of benzene rings is 2. The number of aromatic nitrogens is 1. The van der Waals surface area contributed by atoms with Crippen molar-refractivity contribution in [2.75, 3.05) is 19.5 Å². The molecule has 1 heterocycles. The van der Waals surface area contributed by atoms with Gasteiger partial charge in [0.25, 0.3) is 11.5 Å². The zero-order valence-electron chi connectivity index (χ0n) is 15.7. The molecule has 0 aliphatic rings. The first-order valence-electron chi connectivity index (χ1n) is 8.59. The van der Waals surface area contributed by atoms with Crippen LogP contribution in [0.5, 0.6) is 11.5 Å². The molecular weight excluding hydrogens is 415 g/mol. The molecule has 1 amide bonds. The molecule has 3 aromatic rings. The Morgan fingerprint density at radius 2 is 1.86 bits per heavy atom. The second-order valence-corrected chi connectivity index (χ2v) is 6.95. The molecule has 3 rings (SSSR count). The molecule has 8 heteroatoms. The smallest absolute Gasteiger partial charge is 0.263 e. The minimum atomic E-state index is -0.557. The molecule has 2 aromatic carbocycles. The summed E-state index contributed by atoms with van der Waals surface area (Å²) in [5.74, 6) is 0.436. The van der Waals surface area contributed by atoms with Crippen LogP contribution in [0.2, 0.25) is 10.0 Å². The number of amides is 1. The van der Waals surface area contributed by atoms with Crippen LogP contribution in [0.25, 0.3) is 0 Å². The Hall–Kier alpha value is -2.96. The number of methoxy groups -OCH3 is 2. The minimum Gasteiger partial charge on any atom is -0.497 e. The van der Waals surface area contributed by atoms with Crippen molar-refractivity contribution >= 4 is 34.8 Å². The Bertz CT molecular complexity index is 1110. The predicted molar refractivity (Wildman–Crippen MR) is 114 cm³/mol. The van der Waals surface area contributed by atoms with Crippen molar-refractivity contribution in [2.45, 2.75) is 6.54 Å². The van der Waals surface area contributed by atoms with Crippen LogP contribution in [0.1, 0.15) is 15.9 Å². The van der Waals surface area contributed by atoms with Crippen LogP contribution in [0, 0.1) is 0 Å². The fraction of sp³-hybridized carbons (Fsp3) is 0.143. The second-order valence-electron chi connectivity index (χ2n) is 6.11. The number of halogens is 2. The highest BCUT2D eigenvalue weighted by Crippen LogP contribution is 2.29. The number of hydrogen-bond donors (Lipinski definition) is 1. The van der Waals surface area contributed by atoms with E-state index in [1.807, 2.05) is 0 Å². The molecule has 0 spiro atoms. The molecule has 0 atom stereocenters. The highest BCUT2D eigenvalue weighted by Gasteiger charge is 2.16. The van der Waals surface area contributed by atoms with Crippen molar-refractivity contribution < 1.29 is 14.3 Å². The third kappa shape index (κ3) is 4.72. The van der Waals surface area contributed by atoms with Crippen molar-refractivity contribution in [1.82, 2.24) is 4.57 Å². The summed E-state index contributed by atoms with van der Waals surface area (Å²) in [5.41, 5.74) is 0.651. The van der Waals surface area contributed by atoms with E-state index in [1.165, 1.54) is 24.9 Å². The SMILES string of the molecule is COc1ccc(OC)c(NC(=O)c2cccn(Cc3ccc(Cl)cc3Cl)c2=O)c1. The maximum atomic E-state index is 12.8. The molecule has 0 radical (unpaired) electrons. The number of nitrogens with zero attached hydrogens (tertiary/aromatic N) is 1. The average molecular weight is 433 g/mol. The molecule has 0 bridgehead atoms. The predicted octanol–water partition coefficient (Wildman–Crippen LogP) is 4.47. The van der Waals surface area contributed by atoms with Gasteiger partial charge in [-0.15, -0.1) is 0 Å². The van der Waals surface area contributed by atoms with Gasteiger partial charge in [-0.2, -0.15) is 0 Å². The molecular formula is C21H18Cl2N2O4. The Kier molecular flexibility index (Phi) is 6.46. The van der Waals surface area contributed by atoms with Gasteiger partial charge in [0.2, 0.25) is 0 Å². The van der Waals surface area contributed by atoms with E-state index < -0.39 is 11.5 Å². The average Bonchev–Trinajstić information content (AvgIpc) is 2.71. The summed E-state index contributed by atoms with van der Waals surface area (Å²) in [6.45, 7) is 0.207. The first-order valence-corrected chi connectivity index (χ1v) is 9.35. The molecule has 0 saturated heterocycles. The van der Waals surface area contributed by atoms with E-state index in [0.717, 1.165) is 0 Å². The van der Waals surface area contributed by atoms with E-state index in [9.17, 15) is 9.59 Å². The summed E-state index contributed by atoms with van der Waals surface area (Å²) >= 11 is 12.1. The number of ether oxygens (including phenoxy) is 2. The van der Waals surface area contributed by atoms with Gasteiger partial charge in [0.1, 0.15) is 17.1 Å². The molecule has 0 fully saturated rings. The highest BCUT2D eigenvalue weighted by molar-refractivity contribution is 6.35. The molecule has 0 aliphatic carbocycles. The normalized spacial score (nSPS) is 10.5. The van der Waals surface area contributed by atoms with Crippen LogP contribution in [-0.4, -0.2) is 24.7 Å². The van der Waals surface area contributed by atoms with Gasteiger partial charge >= 0.3 is 0 Å². The van der Waals surface area contributed by atoms with Crippen molar-refractivity contribution in [3.63, 3.8) is 0 Å². The third-order valence-corrected chi connectivity index (χ3v) is 4.86. The number of carbonyl (C=O) groups is 1. The molecule has 0 unspecified atom stereocenters. The van der Waals surface area contributed by atoms with Crippen LogP contribution < -0.4 is 20.3 Å². The molecule has 1 aromatic heterocycles. The summed E-state index contributed by atoms with van der Waals surface area (Å²) in [6.07, 6.45) is 1.59. The van der Waals surface area contributed by atoms with Gasteiger partial charge in [-0.25, -0.2) is 0 Å². The summed E-state index contributed by atoms with van der Waals surface area (Å²) in [6, 6.07) is 13.1. The molecule has 0 saturated carbocycles. The third-order valence-electron chi connectivity index (χ3n) is 4.28. The fourth-order valence-corrected chi connectivity index (χ4v) is 3.24. The Labute approximate surface area is 177 Å². The quantitative estimate of drug-likeness (QED) is 0.623. The number of hydrogen-bond acceptors (Lipinski definition) is 4. The number of rotatable bonds is 6. The monoisotopic (exact) mass is 432 g/mol. The van der Waals surface area contributed by atoms with Gasteiger partial charge in [-0.05, 0) is 42.0 Å². The van der Waals surface area contributed by atoms with Crippen molar-refractivity contribution in [1.29, 1.82) is 0 Å². The van der Waals surface area contributed by atoms with Crippen molar-refractivity contribution in [3.8, 4) is 11.5 Å². The van der Waals surface area contributed by atoms with Crippen LogP contribution >= 0.6 is 23.2 Å². The van der Waals surface area contributed by atoms with E-state index >= 15 is 0 Å². The first-order chi connectivity index (χ1) is 13.9. The van der Waals surface area contributed by atoms with E-state index in [1.54, 1.807) is 48.7 Å². The first kappa shape index (κ1) is 20.8. The van der Waals surface area contributed by atoms with Crippen LogP contribution in [0.15, 0.2) is 59.5 Å². The number of nitrogens with one attached hydrogen (secondary N) is 1. The fourth-order valence-electron chi connectivity index (χ4n) is 2.77. The largest absolute Gasteiger partial charge is 0.497 e. The molecule has 29 heavy (non-hydrogen) atoms. The van der Waals surface area contributed by atoms with Crippen molar-refractivity contribution in [2.24, 2.45) is 0 Å². The zero-order valence-corrected chi connectivity index (χ0v) is 17.3. The summed E-state index contributed by atoms with van der Waals surface area (Å²) in [5, 5.41) is 3.65. The Morgan fingerprint density at radius 1 is 1.07 bits per heavy atom. The molecule has 0 aliphatic heterocycles. The Morgan fingerprint density at radius 3 is 2.55 bits per heavy atom. The van der Waals surface area contributed by atoms with Gasteiger partial charge in [0.15, 0.2) is 0 Å². The van der Waals surface area contributed by atoms with E-state index in [4.69, 9.17) is 32.7 Å². The molecule has 150 valence electrons. The summed E-state index contributed by atoms with van der Waals surface area (Å²) in [7, 11) is 3.01. The van der Waals surface area contributed by atoms with E-state index in [0.29, 0.717) is 32.8 Å². The molecule has 6 nitrogen and oxygen atoms in total. The number of pyridine rings is 1. The zero-order chi connectivity index (χ0) is 21.0. The summed E-state index contributed by atoms with van der Waals surface area (Å²) < 4.78 is 11.8. The topological polar surface area (TPSA) is 69.6 Å². The van der Waals surface area contributed by atoms with E-state index in [2.05, 4.69) is 5.32 Å². The standard InChI is InChI=1S/C21H18Cl2N2O4/c1-28-15-7-8-19(29-2)18(11-15)24-20(26)16-4-3-9-25(21(16)27)12-13-5-6-14(22)10-17(13)23/h3-11H,12H2,1-2H3,(H,24,26). The maximum absolute atomic E-state index is 12.8. The van der Waals surface area contributed by atoms with Gasteiger partial charge < -0.3 is 19.4 Å². The number of carbonyl (C=O) groups excluding carboxylic acids is 1. The summed E-state index contributed by atoms with van der Waals surface area (Å²) in [4.78, 5) is 25.6. The van der Waals surface area contributed by atoms with Gasteiger partial charge in [0, 0.05) is 22.3 Å². The minimum absolute atomic E-state index is 0.0116. The lowest BCUT2D eigenvalue weighted by molar-refractivity contribution is 0.102. The van der Waals surface area contributed by atoms with Crippen LogP contribution in [0.4, 0.5) is 5.69 Å². The van der Waals surface area contributed by atoms with Crippen molar-refractivity contribution in [3.05, 3.63) is 86.3 Å². The van der Waals surface area contributed by atoms with Crippen LogP contribution in [0.3, 0.4) is 0 Å². The maximum Gasteiger partial charge on any atom is 0.263 e. The highest BCUT2D eigenvalue weighted by atomic mass is 35.5. The van der Waals surface area contributed by atoms with Crippen LogP contribution in [-0.2, 0) is 6.54 Å². The number of anilines is 1. The lowest BCUT2D eigenvalue weighted by Crippen LogP contribution is -2.29. The van der Waals surface area contributed by atoms with Gasteiger partial charge in [-0.1, -0.05) is 29.3 Å². The van der Waals surface area contributed by atoms with E-state index in [-0.39, 0.29) is 12.1 Å². The lowest BCUT2D eigenvalue weighted by atomic mass is 10.2.